The molecule has 0 unspecified atom stereocenters. The van der Waals surface area contributed by atoms with Gasteiger partial charge in [0.05, 0.1) is 5.56 Å². The number of piperidine rings is 1. The summed E-state index contributed by atoms with van der Waals surface area (Å²) in [4.78, 5) is 22.3. The summed E-state index contributed by atoms with van der Waals surface area (Å²) in [5.41, 5.74) is 1.12. The summed E-state index contributed by atoms with van der Waals surface area (Å²) in [5.74, 6) is -0.542. The number of aromatic nitrogens is 1. The zero-order valence-electron chi connectivity index (χ0n) is 19.1. The van der Waals surface area contributed by atoms with Gasteiger partial charge in [0.1, 0.15) is 0 Å². The molecule has 0 spiro atoms. The largest absolute Gasteiger partial charge is 0.481 e. The van der Waals surface area contributed by atoms with Gasteiger partial charge in [-0.25, -0.2) is 0 Å². The van der Waals surface area contributed by atoms with Gasteiger partial charge in [-0.1, -0.05) is 12.1 Å². The van der Waals surface area contributed by atoms with Crippen LogP contribution < -0.4 is 4.90 Å². The summed E-state index contributed by atoms with van der Waals surface area (Å²) >= 11 is 0. The van der Waals surface area contributed by atoms with E-state index in [0.717, 1.165) is 50.8 Å². The zero-order chi connectivity index (χ0) is 24.1. The smallest absolute Gasteiger partial charge is 0.416 e. The van der Waals surface area contributed by atoms with Crippen LogP contribution in [0.25, 0.3) is 0 Å². The summed E-state index contributed by atoms with van der Waals surface area (Å²) in [6.07, 6.45) is 0.992. The minimum Gasteiger partial charge on any atom is -0.481 e. The number of likely N-dealkylation sites (tertiary alicyclic amines) is 1. The molecule has 2 aromatic rings. The van der Waals surface area contributed by atoms with Gasteiger partial charge in [0.2, 0.25) is 0 Å². The van der Waals surface area contributed by atoms with Crippen LogP contribution in [0.5, 0.6) is 0 Å². The lowest BCUT2D eigenvalue weighted by Gasteiger charge is -2.47. The van der Waals surface area contributed by atoms with Gasteiger partial charge in [-0.2, -0.15) is 13.2 Å². The number of piperazine rings is 1. The van der Waals surface area contributed by atoms with Crippen LogP contribution in [0.4, 0.5) is 18.9 Å². The second-order valence-electron chi connectivity index (χ2n) is 9.22. The van der Waals surface area contributed by atoms with Crippen molar-refractivity contribution in [3.8, 4) is 0 Å². The Morgan fingerprint density at radius 1 is 1.09 bits per heavy atom. The molecule has 0 saturated carbocycles. The molecule has 2 aliphatic rings. The molecule has 2 fully saturated rings. The molecule has 4 rings (SSSR count). The van der Waals surface area contributed by atoms with Crippen molar-refractivity contribution < 1.29 is 23.1 Å². The molecule has 2 atom stereocenters. The minimum atomic E-state index is -4.35. The lowest BCUT2D eigenvalue weighted by atomic mass is 9.86. The Kier molecular flexibility index (Phi) is 7.73. The maximum absolute atomic E-state index is 13.1. The number of aliphatic carboxylic acids is 1. The standard InChI is InChI=1S/C25H31F3N4O2/c26-25(27,28)21-4-1-5-22(15-21)31-11-13-32(14-12-31)23-8-10-30(17-19-3-2-9-29-16-19)18-20(23)6-7-24(33)34/h1-5,9,15-16,20,23H,6-8,10-14,17-18H2,(H,33,34)/t20-,23+/m0/s1. The molecule has 0 bridgehead atoms. The zero-order valence-corrected chi connectivity index (χ0v) is 19.1. The van der Waals surface area contributed by atoms with Crippen molar-refractivity contribution in [2.75, 3.05) is 44.2 Å². The lowest BCUT2D eigenvalue weighted by molar-refractivity contribution is -0.138. The van der Waals surface area contributed by atoms with E-state index in [4.69, 9.17) is 0 Å². The van der Waals surface area contributed by atoms with Gasteiger partial charge in [0.15, 0.2) is 0 Å². The van der Waals surface area contributed by atoms with E-state index in [1.165, 1.54) is 12.1 Å². The number of nitrogens with zero attached hydrogens (tertiary/aromatic N) is 4. The normalized spacial score (nSPS) is 22.6. The number of halogens is 3. The van der Waals surface area contributed by atoms with Crippen molar-refractivity contribution in [2.24, 2.45) is 5.92 Å². The van der Waals surface area contributed by atoms with E-state index in [0.29, 0.717) is 25.2 Å². The molecule has 2 aliphatic heterocycles. The average Bonchev–Trinajstić information content (AvgIpc) is 2.83. The fourth-order valence-corrected chi connectivity index (χ4v) is 5.25. The maximum Gasteiger partial charge on any atom is 0.416 e. The molecule has 6 nitrogen and oxygen atoms in total. The molecule has 2 saturated heterocycles. The highest BCUT2D eigenvalue weighted by Gasteiger charge is 2.35. The number of benzene rings is 1. The van der Waals surface area contributed by atoms with Crippen molar-refractivity contribution in [1.29, 1.82) is 0 Å². The third-order valence-corrected chi connectivity index (χ3v) is 6.96. The Morgan fingerprint density at radius 3 is 2.56 bits per heavy atom. The van der Waals surface area contributed by atoms with Gasteiger partial charge in [0.25, 0.3) is 0 Å². The average molecular weight is 477 g/mol. The Bertz CT molecular complexity index is 949. The Balaban J connectivity index is 1.38. The molecule has 0 aliphatic carbocycles. The van der Waals surface area contributed by atoms with Crippen LogP contribution in [0.2, 0.25) is 0 Å². The van der Waals surface area contributed by atoms with Crippen molar-refractivity contribution >= 4 is 11.7 Å². The fourth-order valence-electron chi connectivity index (χ4n) is 5.25. The number of pyridine rings is 1. The summed E-state index contributed by atoms with van der Waals surface area (Å²) < 4.78 is 39.3. The monoisotopic (exact) mass is 476 g/mol. The number of hydrogen-bond acceptors (Lipinski definition) is 5. The Hall–Kier alpha value is -2.65. The molecule has 1 aromatic carbocycles. The lowest BCUT2D eigenvalue weighted by Crippen LogP contribution is -2.56. The topological polar surface area (TPSA) is 59.9 Å². The van der Waals surface area contributed by atoms with Crippen LogP contribution in [0.3, 0.4) is 0 Å². The predicted octanol–water partition coefficient (Wildman–Crippen LogP) is 3.98. The SMILES string of the molecule is O=C(O)CC[C@H]1CN(Cc2cccnc2)CC[C@H]1N1CCN(c2cccc(C(F)(F)F)c2)CC1. The number of rotatable bonds is 7. The summed E-state index contributed by atoms with van der Waals surface area (Å²) in [6.45, 7) is 5.39. The molecule has 9 heteroatoms. The van der Waals surface area contributed by atoms with E-state index in [1.807, 2.05) is 17.2 Å². The molecule has 184 valence electrons. The minimum absolute atomic E-state index is 0.145. The van der Waals surface area contributed by atoms with Crippen LogP contribution in [-0.4, -0.2) is 71.2 Å². The summed E-state index contributed by atoms with van der Waals surface area (Å²) in [5, 5.41) is 9.26. The predicted molar refractivity (Wildman–Crippen MR) is 124 cm³/mol. The van der Waals surface area contributed by atoms with Crippen LogP contribution >= 0.6 is 0 Å². The molecule has 34 heavy (non-hydrogen) atoms. The quantitative estimate of drug-likeness (QED) is 0.653. The highest BCUT2D eigenvalue weighted by molar-refractivity contribution is 5.66. The van der Waals surface area contributed by atoms with Crippen LogP contribution in [0.15, 0.2) is 48.8 Å². The third kappa shape index (κ3) is 6.27. The second kappa shape index (κ2) is 10.7. The van der Waals surface area contributed by atoms with E-state index >= 15 is 0 Å². The van der Waals surface area contributed by atoms with Gasteiger partial charge in [-0.15, -0.1) is 0 Å². The summed E-state index contributed by atoms with van der Waals surface area (Å²) in [6, 6.07) is 9.79. The molecule has 0 amide bonds. The number of carboxylic acids is 1. The van der Waals surface area contributed by atoms with Crippen molar-refractivity contribution in [2.45, 2.75) is 38.0 Å². The number of hydrogen-bond donors (Lipinski definition) is 1. The first-order valence-electron chi connectivity index (χ1n) is 11.8. The Morgan fingerprint density at radius 2 is 1.88 bits per heavy atom. The second-order valence-corrected chi connectivity index (χ2v) is 9.22. The van der Waals surface area contributed by atoms with Gasteiger partial charge >= 0.3 is 12.1 Å². The maximum atomic E-state index is 13.1. The van der Waals surface area contributed by atoms with Crippen molar-refractivity contribution in [3.05, 3.63) is 59.9 Å². The molecular weight excluding hydrogens is 445 g/mol. The third-order valence-electron chi connectivity index (χ3n) is 6.96. The van der Waals surface area contributed by atoms with Gasteiger partial charge in [-0.3, -0.25) is 19.6 Å². The van der Waals surface area contributed by atoms with E-state index in [1.54, 1.807) is 12.3 Å². The van der Waals surface area contributed by atoms with Crippen molar-refractivity contribution in [1.82, 2.24) is 14.8 Å². The molecule has 3 heterocycles. The van der Waals surface area contributed by atoms with E-state index in [9.17, 15) is 23.1 Å². The first-order valence-corrected chi connectivity index (χ1v) is 11.8. The number of alkyl halides is 3. The first kappa shape index (κ1) is 24.5. The van der Waals surface area contributed by atoms with Gasteiger partial charge < -0.3 is 10.0 Å². The van der Waals surface area contributed by atoms with E-state index in [2.05, 4.69) is 20.9 Å². The number of carboxylic acid groups (broad SMARTS) is 1. The molecule has 1 aromatic heterocycles. The van der Waals surface area contributed by atoms with Crippen molar-refractivity contribution in [3.63, 3.8) is 0 Å². The van der Waals surface area contributed by atoms with Gasteiger partial charge in [-0.05, 0) is 55.1 Å². The van der Waals surface area contributed by atoms with E-state index in [-0.39, 0.29) is 18.4 Å². The number of anilines is 1. The molecule has 1 N–H and O–H groups in total. The molecule has 0 radical (unpaired) electrons. The highest BCUT2D eigenvalue weighted by Crippen LogP contribution is 2.33. The Labute approximate surface area is 198 Å². The van der Waals surface area contributed by atoms with Crippen LogP contribution in [-0.2, 0) is 17.5 Å². The van der Waals surface area contributed by atoms with E-state index < -0.39 is 17.7 Å². The fraction of sp³-hybridized carbons (Fsp3) is 0.520. The summed E-state index contributed by atoms with van der Waals surface area (Å²) in [7, 11) is 0. The van der Waals surface area contributed by atoms with Crippen LogP contribution in [0.1, 0.15) is 30.4 Å². The first-order chi connectivity index (χ1) is 16.3. The molecular formula is C25H31F3N4O2. The highest BCUT2D eigenvalue weighted by atomic mass is 19.4. The number of carbonyl (C=O) groups is 1. The van der Waals surface area contributed by atoms with Gasteiger partial charge in [0, 0.05) is 69.8 Å². The van der Waals surface area contributed by atoms with Crippen LogP contribution in [0, 0.1) is 5.92 Å².